The molecule has 0 aliphatic rings. The summed E-state index contributed by atoms with van der Waals surface area (Å²) in [4.78, 5) is 27.1. The number of hydrogen-bond donors (Lipinski definition) is 1. The Balaban J connectivity index is 2.24. The molecule has 0 aromatic heterocycles. The average molecular weight is 451 g/mol. The molecule has 0 bridgehead atoms. The van der Waals surface area contributed by atoms with E-state index in [1.165, 1.54) is 4.90 Å². The minimum Gasteiger partial charge on any atom is -0.484 e. The van der Waals surface area contributed by atoms with E-state index in [0.717, 1.165) is 11.1 Å². The molecule has 0 saturated carbocycles. The number of carbonyl (C=O) groups excluding carboxylic acids is 2. The van der Waals surface area contributed by atoms with Gasteiger partial charge in [-0.15, -0.1) is 0 Å². The van der Waals surface area contributed by atoms with Gasteiger partial charge in [0.15, 0.2) is 6.61 Å². The van der Waals surface area contributed by atoms with Crippen LogP contribution in [-0.4, -0.2) is 35.4 Å². The van der Waals surface area contributed by atoms with E-state index in [1.54, 1.807) is 25.1 Å². The molecule has 162 valence electrons. The van der Waals surface area contributed by atoms with E-state index in [-0.39, 0.29) is 31.0 Å². The molecule has 0 fully saturated rings. The zero-order valence-corrected chi connectivity index (χ0v) is 19.5. The summed E-state index contributed by atoms with van der Waals surface area (Å²) in [6.45, 7) is 9.23. The lowest BCUT2D eigenvalue weighted by atomic mass is 10.1. The maximum atomic E-state index is 13.1. The predicted octanol–water partition coefficient (Wildman–Crippen LogP) is 4.93. The second kappa shape index (κ2) is 10.7. The lowest BCUT2D eigenvalue weighted by molar-refractivity contribution is -0.142. The molecule has 2 aromatic carbocycles. The molecule has 0 spiro atoms. The number of ether oxygens (including phenoxy) is 1. The van der Waals surface area contributed by atoms with Gasteiger partial charge in [0.05, 0.1) is 0 Å². The molecule has 1 N–H and O–H groups in total. The van der Waals surface area contributed by atoms with Gasteiger partial charge >= 0.3 is 0 Å². The molecule has 1 atom stereocenters. The van der Waals surface area contributed by atoms with Gasteiger partial charge in [0.2, 0.25) is 5.91 Å². The molecule has 0 aliphatic carbocycles. The first-order valence-corrected chi connectivity index (χ1v) is 10.6. The van der Waals surface area contributed by atoms with Crippen LogP contribution in [0.3, 0.4) is 0 Å². The molecule has 0 radical (unpaired) electrons. The van der Waals surface area contributed by atoms with Gasteiger partial charge < -0.3 is 15.0 Å². The number of benzene rings is 2. The highest BCUT2D eigenvalue weighted by molar-refractivity contribution is 6.36. The zero-order chi connectivity index (χ0) is 22.4. The van der Waals surface area contributed by atoms with E-state index in [9.17, 15) is 9.59 Å². The Morgan fingerprint density at radius 2 is 1.60 bits per heavy atom. The van der Waals surface area contributed by atoms with Crippen LogP contribution in [0.2, 0.25) is 10.0 Å². The van der Waals surface area contributed by atoms with Crippen molar-refractivity contribution in [1.29, 1.82) is 0 Å². The summed E-state index contributed by atoms with van der Waals surface area (Å²) < 4.78 is 5.73. The Labute approximate surface area is 188 Å². The highest BCUT2D eigenvalue weighted by Crippen LogP contribution is 2.26. The molecule has 7 heteroatoms. The van der Waals surface area contributed by atoms with E-state index < -0.39 is 6.04 Å². The Hall–Kier alpha value is -2.24. The number of aryl methyl sites for hydroxylation is 2. The van der Waals surface area contributed by atoms with Gasteiger partial charge in [-0.3, -0.25) is 9.59 Å². The molecule has 0 heterocycles. The van der Waals surface area contributed by atoms with Crippen LogP contribution in [0.4, 0.5) is 0 Å². The normalized spacial score (nSPS) is 11.9. The van der Waals surface area contributed by atoms with Crippen LogP contribution in [0.1, 0.15) is 37.5 Å². The fourth-order valence-corrected chi connectivity index (χ4v) is 3.60. The monoisotopic (exact) mass is 450 g/mol. The highest BCUT2D eigenvalue weighted by atomic mass is 35.5. The van der Waals surface area contributed by atoms with E-state index in [2.05, 4.69) is 5.32 Å². The molecular formula is C23H28Cl2N2O3. The molecule has 5 nitrogen and oxygen atoms in total. The molecule has 2 rings (SSSR count). The summed E-state index contributed by atoms with van der Waals surface area (Å²) in [5, 5.41) is 3.72. The van der Waals surface area contributed by atoms with Crippen molar-refractivity contribution in [3.05, 3.63) is 63.1 Å². The van der Waals surface area contributed by atoms with Gasteiger partial charge in [-0.05, 0) is 70.0 Å². The predicted molar refractivity (Wildman–Crippen MR) is 121 cm³/mol. The maximum Gasteiger partial charge on any atom is 0.261 e. The van der Waals surface area contributed by atoms with E-state index in [0.29, 0.717) is 21.4 Å². The van der Waals surface area contributed by atoms with Crippen LogP contribution in [-0.2, 0) is 16.1 Å². The number of nitrogens with zero attached hydrogens (tertiary/aromatic N) is 1. The van der Waals surface area contributed by atoms with Crippen LogP contribution in [0, 0.1) is 13.8 Å². The Morgan fingerprint density at radius 3 is 2.13 bits per heavy atom. The smallest absolute Gasteiger partial charge is 0.261 e. The van der Waals surface area contributed by atoms with Crippen molar-refractivity contribution < 1.29 is 14.3 Å². The van der Waals surface area contributed by atoms with Crippen molar-refractivity contribution in [2.45, 2.75) is 53.2 Å². The second-order valence-electron chi connectivity index (χ2n) is 7.67. The first-order chi connectivity index (χ1) is 14.1. The lowest BCUT2D eigenvalue weighted by Crippen LogP contribution is -2.50. The number of rotatable bonds is 8. The summed E-state index contributed by atoms with van der Waals surface area (Å²) in [6.07, 6.45) is 0. The fraction of sp³-hybridized carbons (Fsp3) is 0.391. The van der Waals surface area contributed by atoms with Crippen molar-refractivity contribution in [1.82, 2.24) is 10.2 Å². The first-order valence-electron chi connectivity index (χ1n) is 9.82. The molecule has 0 unspecified atom stereocenters. The molecule has 0 aliphatic heterocycles. The standard InChI is InChI=1S/C23H28Cl2N2O3/c1-14(2)26-23(29)17(5)27(12-19-20(24)7-6-8-21(19)25)22(28)13-30-18-10-15(3)9-16(4)11-18/h6-11,14,17H,12-13H2,1-5H3,(H,26,29)/t17-/m1/s1. The molecule has 2 aromatic rings. The van der Waals surface area contributed by atoms with Crippen molar-refractivity contribution in [2.75, 3.05) is 6.61 Å². The topological polar surface area (TPSA) is 58.6 Å². The summed E-state index contributed by atoms with van der Waals surface area (Å²) in [6, 6.07) is 10.1. The van der Waals surface area contributed by atoms with E-state index >= 15 is 0 Å². The van der Waals surface area contributed by atoms with Crippen LogP contribution in [0.25, 0.3) is 0 Å². The summed E-state index contributed by atoms with van der Waals surface area (Å²) >= 11 is 12.6. The van der Waals surface area contributed by atoms with Crippen LogP contribution in [0.15, 0.2) is 36.4 Å². The van der Waals surface area contributed by atoms with Crippen LogP contribution >= 0.6 is 23.2 Å². The maximum absolute atomic E-state index is 13.1. The third kappa shape index (κ3) is 6.64. The molecule has 0 saturated heterocycles. The SMILES string of the molecule is Cc1cc(C)cc(OCC(=O)N(Cc2c(Cl)cccc2Cl)[C@H](C)C(=O)NC(C)C)c1. The average Bonchev–Trinajstić information content (AvgIpc) is 2.64. The number of nitrogens with one attached hydrogen (secondary N) is 1. The van der Waals surface area contributed by atoms with Gasteiger partial charge in [0.1, 0.15) is 11.8 Å². The fourth-order valence-electron chi connectivity index (χ4n) is 3.09. The number of hydrogen-bond acceptors (Lipinski definition) is 3. The largest absolute Gasteiger partial charge is 0.484 e. The Morgan fingerprint density at radius 1 is 1.03 bits per heavy atom. The van der Waals surface area contributed by atoms with Crippen LogP contribution < -0.4 is 10.1 Å². The molecular weight excluding hydrogens is 423 g/mol. The minimum atomic E-state index is -0.727. The van der Waals surface area contributed by atoms with E-state index in [4.69, 9.17) is 27.9 Å². The molecule has 30 heavy (non-hydrogen) atoms. The third-order valence-corrected chi connectivity index (χ3v) is 5.25. The van der Waals surface area contributed by atoms with E-state index in [1.807, 2.05) is 45.9 Å². The van der Waals surface area contributed by atoms with Crippen molar-refractivity contribution in [3.63, 3.8) is 0 Å². The zero-order valence-electron chi connectivity index (χ0n) is 18.0. The number of halogens is 2. The Bertz CT molecular complexity index is 875. The van der Waals surface area contributed by atoms with Crippen molar-refractivity contribution in [3.8, 4) is 5.75 Å². The number of amides is 2. The quantitative estimate of drug-likeness (QED) is 0.619. The van der Waals surface area contributed by atoms with Gasteiger partial charge in [-0.1, -0.05) is 35.3 Å². The second-order valence-corrected chi connectivity index (χ2v) is 8.49. The lowest BCUT2D eigenvalue weighted by Gasteiger charge is -2.30. The highest BCUT2D eigenvalue weighted by Gasteiger charge is 2.28. The number of carbonyl (C=O) groups is 2. The minimum absolute atomic E-state index is 0.0488. The van der Waals surface area contributed by atoms with Gasteiger partial charge in [-0.25, -0.2) is 0 Å². The van der Waals surface area contributed by atoms with Crippen LogP contribution in [0.5, 0.6) is 5.75 Å². The van der Waals surface area contributed by atoms with Crippen molar-refractivity contribution in [2.24, 2.45) is 0 Å². The third-order valence-electron chi connectivity index (χ3n) is 4.55. The van der Waals surface area contributed by atoms with Crippen molar-refractivity contribution >= 4 is 35.0 Å². The molecule has 2 amide bonds. The summed E-state index contributed by atoms with van der Waals surface area (Å²) in [5.74, 6) is 0.0142. The van der Waals surface area contributed by atoms with Gasteiger partial charge in [0.25, 0.3) is 5.91 Å². The first kappa shape index (κ1) is 24.0. The van der Waals surface area contributed by atoms with Gasteiger partial charge in [-0.2, -0.15) is 0 Å². The Kier molecular flexibility index (Phi) is 8.56. The van der Waals surface area contributed by atoms with Gasteiger partial charge in [0, 0.05) is 28.2 Å². The summed E-state index contributed by atoms with van der Waals surface area (Å²) in [7, 11) is 0. The summed E-state index contributed by atoms with van der Waals surface area (Å²) in [5.41, 5.74) is 2.67.